The van der Waals surface area contributed by atoms with Crippen LogP contribution in [0.25, 0.3) is 0 Å². The van der Waals surface area contributed by atoms with Gasteiger partial charge in [-0.05, 0) is 32.6 Å². The lowest BCUT2D eigenvalue weighted by Gasteiger charge is -2.38. The fourth-order valence-corrected chi connectivity index (χ4v) is 3.67. The molecule has 88 valence electrons. The van der Waals surface area contributed by atoms with Gasteiger partial charge < -0.3 is 10.1 Å². The van der Waals surface area contributed by atoms with Gasteiger partial charge in [0.05, 0.1) is 6.10 Å². The predicted octanol–water partition coefficient (Wildman–Crippen LogP) is 1.05. The molecule has 2 rings (SSSR count). The minimum atomic E-state index is -0.534. The Bertz CT molecular complexity index is 219. The summed E-state index contributed by atoms with van der Waals surface area (Å²) in [5.74, 6) is 1.78. The van der Waals surface area contributed by atoms with Crippen LogP contribution in [0.15, 0.2) is 0 Å². The van der Waals surface area contributed by atoms with Gasteiger partial charge in [0.1, 0.15) is 0 Å². The summed E-state index contributed by atoms with van der Waals surface area (Å²) < 4.78 is 16.7. The van der Waals surface area contributed by atoms with Crippen molar-refractivity contribution >= 4 is 10.8 Å². The van der Waals surface area contributed by atoms with Crippen LogP contribution in [0.2, 0.25) is 0 Å². The molecule has 1 saturated carbocycles. The zero-order chi connectivity index (χ0) is 10.7. The zero-order valence-electron chi connectivity index (χ0n) is 9.41. The summed E-state index contributed by atoms with van der Waals surface area (Å²) in [6.07, 6.45) is 4.98. The lowest BCUT2D eigenvalue weighted by atomic mass is 9.88. The van der Waals surface area contributed by atoms with Gasteiger partial charge in [0.25, 0.3) is 0 Å². The third-order valence-corrected chi connectivity index (χ3v) is 4.74. The molecular formula is C11H21NO2S. The molecule has 1 aliphatic carbocycles. The highest BCUT2D eigenvalue weighted by Gasteiger charge is 2.31. The van der Waals surface area contributed by atoms with Crippen LogP contribution in [-0.2, 0) is 15.5 Å². The molecule has 0 aromatic rings. The first-order chi connectivity index (χ1) is 7.28. The lowest BCUT2D eigenvalue weighted by molar-refractivity contribution is -0.0126. The van der Waals surface area contributed by atoms with Crippen molar-refractivity contribution in [2.75, 3.05) is 18.1 Å². The Labute approximate surface area is 94.4 Å². The number of rotatable bonds is 4. The third kappa shape index (κ3) is 3.26. The van der Waals surface area contributed by atoms with Crippen LogP contribution in [0.1, 0.15) is 32.6 Å². The van der Waals surface area contributed by atoms with Crippen molar-refractivity contribution in [2.45, 2.75) is 50.8 Å². The standard InChI is InChI=1S/C11H21NO2S/c1-2-14-11-7-10(8-11)12-9-3-5-15(13)6-4-9/h9-12H,2-8H2,1H3. The second-order valence-corrected chi connectivity index (χ2v) is 6.23. The van der Waals surface area contributed by atoms with Crippen molar-refractivity contribution in [1.29, 1.82) is 0 Å². The molecule has 1 heterocycles. The summed E-state index contributed by atoms with van der Waals surface area (Å²) in [4.78, 5) is 0. The maximum atomic E-state index is 11.2. The molecule has 0 spiro atoms. The molecule has 1 saturated heterocycles. The summed E-state index contributed by atoms with van der Waals surface area (Å²) in [6, 6.07) is 1.26. The van der Waals surface area contributed by atoms with E-state index in [0.29, 0.717) is 18.2 Å². The van der Waals surface area contributed by atoms with E-state index in [1.54, 1.807) is 0 Å². The fraction of sp³-hybridized carbons (Fsp3) is 1.00. The molecule has 0 radical (unpaired) electrons. The van der Waals surface area contributed by atoms with E-state index in [0.717, 1.165) is 43.8 Å². The first kappa shape index (κ1) is 11.6. The van der Waals surface area contributed by atoms with Crippen LogP contribution in [-0.4, -0.2) is 40.5 Å². The molecular weight excluding hydrogens is 210 g/mol. The summed E-state index contributed by atoms with van der Waals surface area (Å²) in [6.45, 7) is 2.89. The van der Waals surface area contributed by atoms with Gasteiger partial charge in [0.2, 0.25) is 0 Å². The Morgan fingerprint density at radius 3 is 2.53 bits per heavy atom. The van der Waals surface area contributed by atoms with Crippen LogP contribution in [0.5, 0.6) is 0 Å². The van der Waals surface area contributed by atoms with Crippen LogP contribution < -0.4 is 5.32 Å². The smallest absolute Gasteiger partial charge is 0.0604 e. The first-order valence-corrected chi connectivity index (χ1v) is 7.49. The van der Waals surface area contributed by atoms with E-state index in [1.807, 2.05) is 0 Å². The lowest BCUT2D eigenvalue weighted by Crippen LogP contribution is -2.50. The second-order valence-electron chi connectivity index (χ2n) is 4.53. The highest BCUT2D eigenvalue weighted by molar-refractivity contribution is 7.85. The normalized spacial score (nSPS) is 41.1. The number of hydrogen-bond acceptors (Lipinski definition) is 3. The predicted molar refractivity (Wildman–Crippen MR) is 62.5 cm³/mol. The molecule has 1 aliphatic heterocycles. The second kappa shape index (κ2) is 5.41. The molecule has 0 unspecified atom stereocenters. The molecule has 3 nitrogen and oxygen atoms in total. The van der Waals surface area contributed by atoms with E-state index in [1.165, 1.54) is 0 Å². The molecule has 2 fully saturated rings. The van der Waals surface area contributed by atoms with Gasteiger partial charge in [0.15, 0.2) is 0 Å². The first-order valence-electron chi connectivity index (χ1n) is 6.00. The van der Waals surface area contributed by atoms with E-state index in [-0.39, 0.29) is 0 Å². The van der Waals surface area contributed by atoms with Crippen molar-refractivity contribution in [2.24, 2.45) is 0 Å². The SMILES string of the molecule is CCOC1CC(NC2CCS(=O)CC2)C1. The Balaban J connectivity index is 1.61. The van der Waals surface area contributed by atoms with Gasteiger partial charge in [-0.25, -0.2) is 0 Å². The third-order valence-electron chi connectivity index (χ3n) is 3.36. The average Bonchev–Trinajstić information content (AvgIpc) is 2.18. The molecule has 0 bridgehead atoms. The zero-order valence-corrected chi connectivity index (χ0v) is 10.2. The van der Waals surface area contributed by atoms with E-state index >= 15 is 0 Å². The van der Waals surface area contributed by atoms with Gasteiger partial charge in [-0.2, -0.15) is 0 Å². The summed E-state index contributed by atoms with van der Waals surface area (Å²) in [7, 11) is -0.534. The summed E-state index contributed by atoms with van der Waals surface area (Å²) in [5.41, 5.74) is 0. The monoisotopic (exact) mass is 231 g/mol. The number of nitrogens with one attached hydrogen (secondary N) is 1. The molecule has 1 N–H and O–H groups in total. The molecule has 0 aromatic heterocycles. The largest absolute Gasteiger partial charge is 0.378 e. The van der Waals surface area contributed by atoms with E-state index in [4.69, 9.17) is 4.74 Å². The Morgan fingerprint density at radius 1 is 1.27 bits per heavy atom. The van der Waals surface area contributed by atoms with Crippen molar-refractivity contribution in [3.05, 3.63) is 0 Å². The average molecular weight is 231 g/mol. The van der Waals surface area contributed by atoms with Gasteiger partial charge in [-0.1, -0.05) is 0 Å². The maximum absolute atomic E-state index is 11.2. The molecule has 0 atom stereocenters. The number of hydrogen-bond donors (Lipinski definition) is 1. The molecule has 0 amide bonds. The molecule has 0 aromatic carbocycles. The minimum absolute atomic E-state index is 0.491. The van der Waals surface area contributed by atoms with E-state index < -0.39 is 10.8 Å². The molecule has 2 aliphatic rings. The maximum Gasteiger partial charge on any atom is 0.0604 e. The van der Waals surface area contributed by atoms with Crippen LogP contribution >= 0.6 is 0 Å². The van der Waals surface area contributed by atoms with Crippen molar-refractivity contribution in [3.8, 4) is 0 Å². The highest BCUT2D eigenvalue weighted by atomic mass is 32.2. The molecule has 4 heteroatoms. The summed E-state index contributed by atoms with van der Waals surface area (Å²) in [5, 5.41) is 3.65. The Hall–Kier alpha value is 0.0700. The van der Waals surface area contributed by atoms with Gasteiger partial charge in [-0.3, -0.25) is 4.21 Å². The Morgan fingerprint density at radius 2 is 1.93 bits per heavy atom. The minimum Gasteiger partial charge on any atom is -0.378 e. The quantitative estimate of drug-likeness (QED) is 0.786. The van der Waals surface area contributed by atoms with Gasteiger partial charge in [-0.15, -0.1) is 0 Å². The fourth-order valence-electron chi connectivity index (χ4n) is 2.37. The Kier molecular flexibility index (Phi) is 4.17. The van der Waals surface area contributed by atoms with E-state index in [9.17, 15) is 4.21 Å². The molecule has 15 heavy (non-hydrogen) atoms. The van der Waals surface area contributed by atoms with E-state index in [2.05, 4.69) is 12.2 Å². The number of ether oxygens (including phenoxy) is 1. The van der Waals surface area contributed by atoms with Crippen molar-refractivity contribution < 1.29 is 8.95 Å². The van der Waals surface area contributed by atoms with Gasteiger partial charge in [0, 0.05) is 41.0 Å². The highest BCUT2D eigenvalue weighted by Crippen LogP contribution is 2.25. The van der Waals surface area contributed by atoms with Crippen molar-refractivity contribution in [1.82, 2.24) is 5.32 Å². The van der Waals surface area contributed by atoms with Gasteiger partial charge >= 0.3 is 0 Å². The summed E-state index contributed by atoms with van der Waals surface area (Å²) >= 11 is 0. The topological polar surface area (TPSA) is 38.3 Å². The van der Waals surface area contributed by atoms with Crippen molar-refractivity contribution in [3.63, 3.8) is 0 Å². The van der Waals surface area contributed by atoms with Crippen LogP contribution in [0.4, 0.5) is 0 Å². The van der Waals surface area contributed by atoms with Crippen LogP contribution in [0.3, 0.4) is 0 Å². The van der Waals surface area contributed by atoms with Crippen LogP contribution in [0, 0.1) is 0 Å².